The van der Waals surface area contributed by atoms with Crippen LogP contribution < -0.4 is 10.2 Å². The summed E-state index contributed by atoms with van der Waals surface area (Å²) in [5.41, 5.74) is -0.886. The summed E-state index contributed by atoms with van der Waals surface area (Å²) in [4.78, 5) is 39.6. The van der Waals surface area contributed by atoms with E-state index in [2.05, 4.69) is 21.2 Å². The zero-order valence-electron chi connectivity index (χ0n) is 14.8. The lowest BCUT2D eigenvalue weighted by Gasteiger charge is -2.27. The van der Waals surface area contributed by atoms with Crippen LogP contribution >= 0.6 is 15.9 Å². The number of aromatic hydroxyl groups is 1. The van der Waals surface area contributed by atoms with Crippen molar-refractivity contribution in [2.45, 2.75) is 18.5 Å². The van der Waals surface area contributed by atoms with Gasteiger partial charge in [0.25, 0.3) is 0 Å². The Morgan fingerprint density at radius 1 is 1.14 bits per heavy atom. The summed E-state index contributed by atoms with van der Waals surface area (Å²) in [6, 6.07) is 12.3. The minimum atomic E-state index is -1.65. The molecule has 144 valence electrons. The number of imide groups is 1. The molecule has 2 saturated heterocycles. The van der Waals surface area contributed by atoms with Gasteiger partial charge in [0.05, 0.1) is 17.5 Å². The molecule has 7 nitrogen and oxygen atoms in total. The number of aliphatic carboxylic acids is 1. The highest BCUT2D eigenvalue weighted by Gasteiger charge is 2.67. The van der Waals surface area contributed by atoms with Crippen LogP contribution in [0.4, 0.5) is 5.69 Å². The summed E-state index contributed by atoms with van der Waals surface area (Å²) in [6.07, 6.45) is 0. The normalized spacial score (nSPS) is 29.2. The number of hydrogen-bond acceptors (Lipinski definition) is 5. The molecule has 8 heteroatoms. The number of halogens is 1. The number of hydrogen-bond donors (Lipinski definition) is 3. The van der Waals surface area contributed by atoms with Crippen molar-refractivity contribution in [1.82, 2.24) is 5.32 Å². The van der Waals surface area contributed by atoms with Crippen molar-refractivity contribution >= 4 is 39.4 Å². The van der Waals surface area contributed by atoms with Gasteiger partial charge in [-0.1, -0.05) is 34.1 Å². The van der Waals surface area contributed by atoms with Gasteiger partial charge in [-0.3, -0.25) is 19.7 Å². The first-order valence-electron chi connectivity index (χ1n) is 8.68. The van der Waals surface area contributed by atoms with Crippen molar-refractivity contribution in [3.63, 3.8) is 0 Å². The van der Waals surface area contributed by atoms with Gasteiger partial charge in [-0.2, -0.15) is 0 Å². The molecule has 2 aromatic rings. The van der Waals surface area contributed by atoms with E-state index in [9.17, 15) is 24.6 Å². The molecule has 0 bridgehead atoms. The number of carboxylic acid groups (broad SMARTS) is 1. The number of fused-ring (bicyclic) bond motifs is 1. The first-order chi connectivity index (χ1) is 13.3. The Balaban J connectivity index is 1.86. The van der Waals surface area contributed by atoms with E-state index in [0.29, 0.717) is 15.7 Å². The Bertz CT molecular complexity index is 995. The van der Waals surface area contributed by atoms with Crippen LogP contribution in [0.2, 0.25) is 0 Å². The van der Waals surface area contributed by atoms with E-state index in [-0.39, 0.29) is 5.75 Å². The van der Waals surface area contributed by atoms with E-state index >= 15 is 0 Å². The Labute approximate surface area is 169 Å². The molecule has 0 aliphatic carbocycles. The van der Waals surface area contributed by atoms with Crippen LogP contribution in [0, 0.1) is 11.8 Å². The van der Waals surface area contributed by atoms with E-state index in [0.717, 1.165) is 4.90 Å². The maximum Gasteiger partial charge on any atom is 0.324 e. The number of phenolic OH excluding ortho intramolecular Hbond substituents is 1. The van der Waals surface area contributed by atoms with Crippen LogP contribution in [0.15, 0.2) is 53.0 Å². The van der Waals surface area contributed by atoms with Crippen LogP contribution in [0.25, 0.3) is 0 Å². The van der Waals surface area contributed by atoms with Crippen molar-refractivity contribution in [3.05, 3.63) is 58.6 Å². The Kier molecular flexibility index (Phi) is 4.28. The van der Waals surface area contributed by atoms with E-state index in [1.165, 1.54) is 13.0 Å². The standard InChI is InChI=1S/C20H17BrN2O5/c1-20(19(27)28)15-14(16(22-20)12-9-10(21)7-8-13(12)24)17(25)23(18(15)26)11-5-3-2-4-6-11/h2-9,14-16,22,24H,1H3,(H,27,28)/t14-,15+,16-,20+/m1/s1. The van der Waals surface area contributed by atoms with Crippen molar-refractivity contribution in [2.24, 2.45) is 11.8 Å². The van der Waals surface area contributed by atoms with Gasteiger partial charge >= 0.3 is 5.97 Å². The molecule has 4 rings (SSSR count). The first-order valence-corrected chi connectivity index (χ1v) is 9.47. The lowest BCUT2D eigenvalue weighted by atomic mass is 9.80. The fourth-order valence-electron chi connectivity index (χ4n) is 4.21. The molecule has 0 spiro atoms. The van der Waals surface area contributed by atoms with Crippen LogP contribution in [0.1, 0.15) is 18.5 Å². The SMILES string of the molecule is C[C@]1(C(=O)O)N[C@H](c2cc(Br)ccc2O)[C@@H]2C(=O)N(c3ccccc3)C(=O)[C@H]21. The molecule has 2 aliphatic rings. The van der Waals surface area contributed by atoms with E-state index in [1.54, 1.807) is 42.5 Å². The summed E-state index contributed by atoms with van der Waals surface area (Å²) < 4.78 is 0.666. The number of amides is 2. The van der Waals surface area contributed by atoms with E-state index in [1.807, 2.05) is 0 Å². The second-order valence-electron chi connectivity index (χ2n) is 7.18. The Morgan fingerprint density at radius 3 is 2.46 bits per heavy atom. The zero-order chi connectivity index (χ0) is 20.2. The molecule has 0 aromatic heterocycles. The molecule has 2 amide bonds. The number of rotatable bonds is 3. The average Bonchev–Trinajstić information content (AvgIpc) is 3.12. The average molecular weight is 445 g/mol. The van der Waals surface area contributed by atoms with E-state index < -0.39 is 41.2 Å². The van der Waals surface area contributed by atoms with Gasteiger partial charge in [-0.15, -0.1) is 0 Å². The highest BCUT2D eigenvalue weighted by Crippen LogP contribution is 2.51. The number of anilines is 1. The van der Waals surface area contributed by atoms with E-state index in [4.69, 9.17) is 0 Å². The van der Waals surface area contributed by atoms with Crippen molar-refractivity contribution in [3.8, 4) is 5.75 Å². The molecule has 2 fully saturated rings. The molecule has 4 atom stereocenters. The lowest BCUT2D eigenvalue weighted by molar-refractivity contribution is -0.147. The van der Waals surface area contributed by atoms with Crippen LogP contribution in [-0.2, 0) is 14.4 Å². The maximum atomic E-state index is 13.3. The zero-order valence-corrected chi connectivity index (χ0v) is 16.4. The number of para-hydroxylation sites is 1. The van der Waals surface area contributed by atoms with Gasteiger partial charge in [-0.25, -0.2) is 4.90 Å². The summed E-state index contributed by atoms with van der Waals surface area (Å²) >= 11 is 3.33. The van der Waals surface area contributed by atoms with Crippen molar-refractivity contribution in [1.29, 1.82) is 0 Å². The summed E-state index contributed by atoms with van der Waals surface area (Å²) in [6.45, 7) is 1.40. The third-order valence-electron chi connectivity index (χ3n) is 5.57. The number of carbonyl (C=O) groups is 3. The highest BCUT2D eigenvalue weighted by atomic mass is 79.9. The van der Waals surface area contributed by atoms with Crippen molar-refractivity contribution in [2.75, 3.05) is 4.90 Å². The molecule has 3 N–H and O–H groups in total. The number of nitrogens with one attached hydrogen (secondary N) is 1. The molecule has 0 radical (unpaired) electrons. The fourth-order valence-corrected chi connectivity index (χ4v) is 4.59. The molecule has 2 aromatic carbocycles. The molecule has 2 heterocycles. The maximum absolute atomic E-state index is 13.3. The molecular weight excluding hydrogens is 428 g/mol. The third-order valence-corrected chi connectivity index (χ3v) is 6.06. The Morgan fingerprint density at radius 2 is 1.82 bits per heavy atom. The van der Waals surface area contributed by atoms with Crippen LogP contribution in [0.3, 0.4) is 0 Å². The summed E-state index contributed by atoms with van der Waals surface area (Å²) in [5, 5.41) is 23.1. The number of phenols is 1. The lowest BCUT2D eigenvalue weighted by Crippen LogP contribution is -2.53. The third kappa shape index (κ3) is 2.56. The van der Waals surface area contributed by atoms with Gasteiger partial charge < -0.3 is 10.2 Å². The second kappa shape index (κ2) is 6.42. The largest absolute Gasteiger partial charge is 0.508 e. The first kappa shape index (κ1) is 18.6. The predicted molar refractivity (Wildman–Crippen MR) is 104 cm³/mol. The van der Waals surface area contributed by atoms with Gasteiger partial charge in [0.2, 0.25) is 11.8 Å². The number of benzene rings is 2. The highest BCUT2D eigenvalue weighted by molar-refractivity contribution is 9.10. The number of carbonyl (C=O) groups excluding carboxylic acids is 2. The molecule has 28 heavy (non-hydrogen) atoms. The van der Waals surface area contributed by atoms with Gasteiger partial charge in [-0.05, 0) is 37.3 Å². The summed E-state index contributed by atoms with van der Waals surface area (Å²) in [7, 11) is 0. The molecular formula is C20H17BrN2O5. The number of nitrogens with zero attached hydrogens (tertiary/aromatic N) is 1. The molecule has 0 unspecified atom stereocenters. The Hall–Kier alpha value is -2.71. The second-order valence-corrected chi connectivity index (χ2v) is 8.10. The van der Waals surface area contributed by atoms with Crippen molar-refractivity contribution < 1.29 is 24.6 Å². The van der Waals surface area contributed by atoms with Gasteiger partial charge in [0, 0.05) is 16.1 Å². The summed E-state index contributed by atoms with van der Waals surface area (Å²) in [5.74, 6) is -4.39. The minimum Gasteiger partial charge on any atom is -0.508 e. The molecule has 2 aliphatic heterocycles. The van der Waals surface area contributed by atoms with Crippen LogP contribution in [-0.4, -0.2) is 33.5 Å². The minimum absolute atomic E-state index is 0.0764. The van der Waals surface area contributed by atoms with Gasteiger partial charge in [0.1, 0.15) is 11.3 Å². The fraction of sp³-hybridized carbons (Fsp3) is 0.250. The van der Waals surface area contributed by atoms with Crippen LogP contribution in [0.5, 0.6) is 5.75 Å². The predicted octanol–water partition coefficient (Wildman–Crippen LogP) is 2.45. The topological polar surface area (TPSA) is 107 Å². The smallest absolute Gasteiger partial charge is 0.324 e. The quantitative estimate of drug-likeness (QED) is 0.627. The molecule has 0 saturated carbocycles. The van der Waals surface area contributed by atoms with Gasteiger partial charge in [0.15, 0.2) is 0 Å². The monoisotopic (exact) mass is 444 g/mol. The number of carboxylic acids is 1.